The summed E-state index contributed by atoms with van der Waals surface area (Å²) < 4.78 is 15.6. The van der Waals surface area contributed by atoms with Crippen molar-refractivity contribution >= 4 is 18.0 Å². The number of esters is 1. The van der Waals surface area contributed by atoms with Crippen molar-refractivity contribution in [3.05, 3.63) is 76.5 Å². The fourth-order valence-corrected chi connectivity index (χ4v) is 3.65. The highest BCUT2D eigenvalue weighted by atomic mass is 16.5. The molecule has 0 bridgehead atoms. The van der Waals surface area contributed by atoms with Crippen molar-refractivity contribution < 1.29 is 23.8 Å². The molecule has 0 radical (unpaired) electrons. The summed E-state index contributed by atoms with van der Waals surface area (Å²) in [5.74, 6) is 0.318. The first-order valence-electron chi connectivity index (χ1n) is 9.54. The average molecular weight is 407 g/mol. The molecule has 1 aliphatic rings. The molecule has 1 atom stereocenters. The second-order valence-corrected chi connectivity index (χ2v) is 6.89. The lowest BCUT2D eigenvalue weighted by Gasteiger charge is -2.26. The fourth-order valence-electron chi connectivity index (χ4n) is 3.65. The molecule has 0 aromatic heterocycles. The van der Waals surface area contributed by atoms with Crippen LogP contribution in [-0.2, 0) is 14.3 Å². The highest BCUT2D eigenvalue weighted by molar-refractivity contribution is 6.16. The molecule has 0 spiro atoms. The fraction of sp³-hybridized carbons (Fsp3) is 0.250. The van der Waals surface area contributed by atoms with Crippen LogP contribution in [0.5, 0.6) is 11.5 Å². The van der Waals surface area contributed by atoms with Gasteiger partial charge < -0.3 is 19.1 Å². The summed E-state index contributed by atoms with van der Waals surface area (Å²) in [6.07, 6.45) is 1.68. The van der Waals surface area contributed by atoms with Gasteiger partial charge in [-0.05, 0) is 43.2 Å². The number of carbonyl (C=O) groups is 2. The molecule has 6 nitrogen and oxygen atoms in total. The van der Waals surface area contributed by atoms with Crippen LogP contribution in [0.1, 0.15) is 31.0 Å². The van der Waals surface area contributed by atoms with E-state index in [-0.39, 0.29) is 23.1 Å². The number of ether oxygens (including phenoxy) is 3. The van der Waals surface area contributed by atoms with Gasteiger partial charge in [0.05, 0.1) is 38.5 Å². The Labute approximate surface area is 176 Å². The molecule has 0 saturated heterocycles. The predicted molar refractivity (Wildman–Crippen MR) is 114 cm³/mol. The minimum absolute atomic E-state index is 0.241. The Balaban J connectivity index is 2.09. The number of amides is 1. The first-order valence-corrected chi connectivity index (χ1v) is 9.54. The molecule has 2 aromatic carbocycles. The Kier molecular flexibility index (Phi) is 6.26. The number of rotatable bonds is 6. The van der Waals surface area contributed by atoms with E-state index in [1.54, 1.807) is 50.3 Å². The predicted octanol–water partition coefficient (Wildman–Crippen LogP) is 4.14. The Hall–Kier alpha value is -3.54. The van der Waals surface area contributed by atoms with Gasteiger partial charge in [-0.3, -0.25) is 4.79 Å². The van der Waals surface area contributed by atoms with Crippen LogP contribution in [0.2, 0.25) is 0 Å². The monoisotopic (exact) mass is 407 g/mol. The van der Waals surface area contributed by atoms with Crippen LogP contribution in [0, 0.1) is 0 Å². The van der Waals surface area contributed by atoms with E-state index in [0.717, 1.165) is 5.56 Å². The molecule has 0 aliphatic carbocycles. The zero-order valence-corrected chi connectivity index (χ0v) is 17.8. The standard InChI is InChI=1S/C24H25NO5/c1-15(18-9-7-6-8-10-18)25-16(2)22(24(27)30-5)19(23(25)26)13-17-11-12-20(28-3)21(14-17)29-4/h6-15H,1-5H3/b19-13-/t15-/m0/s1. The van der Waals surface area contributed by atoms with Gasteiger partial charge in [-0.15, -0.1) is 0 Å². The van der Waals surface area contributed by atoms with Gasteiger partial charge in [0, 0.05) is 5.70 Å². The van der Waals surface area contributed by atoms with E-state index in [4.69, 9.17) is 14.2 Å². The van der Waals surface area contributed by atoms with Gasteiger partial charge in [-0.1, -0.05) is 36.4 Å². The third-order valence-electron chi connectivity index (χ3n) is 5.22. The quantitative estimate of drug-likeness (QED) is 0.532. The molecule has 1 heterocycles. The van der Waals surface area contributed by atoms with Crippen LogP contribution in [0.15, 0.2) is 65.4 Å². The molecule has 30 heavy (non-hydrogen) atoms. The highest BCUT2D eigenvalue weighted by Gasteiger charge is 2.39. The average Bonchev–Trinajstić information content (AvgIpc) is 3.02. The van der Waals surface area contributed by atoms with Crippen LogP contribution < -0.4 is 9.47 Å². The summed E-state index contributed by atoms with van der Waals surface area (Å²) in [4.78, 5) is 27.6. The largest absolute Gasteiger partial charge is 0.493 e. The summed E-state index contributed by atoms with van der Waals surface area (Å²) in [7, 11) is 4.41. The second-order valence-electron chi connectivity index (χ2n) is 6.89. The van der Waals surface area contributed by atoms with E-state index >= 15 is 0 Å². The molecular weight excluding hydrogens is 382 g/mol. The number of hydrogen-bond acceptors (Lipinski definition) is 5. The van der Waals surface area contributed by atoms with Gasteiger partial charge in [0.1, 0.15) is 0 Å². The van der Waals surface area contributed by atoms with Gasteiger partial charge in [0.2, 0.25) is 0 Å². The van der Waals surface area contributed by atoms with Gasteiger partial charge in [0.15, 0.2) is 11.5 Å². The zero-order valence-electron chi connectivity index (χ0n) is 17.8. The maximum Gasteiger partial charge on any atom is 0.340 e. The molecular formula is C24H25NO5. The minimum atomic E-state index is -0.546. The zero-order chi connectivity index (χ0) is 21.8. The lowest BCUT2D eigenvalue weighted by molar-refractivity contribution is -0.136. The Morgan fingerprint density at radius 1 is 1.00 bits per heavy atom. The van der Waals surface area contributed by atoms with Crippen LogP contribution >= 0.6 is 0 Å². The van der Waals surface area contributed by atoms with Gasteiger partial charge in [0.25, 0.3) is 5.91 Å². The third kappa shape index (κ3) is 3.81. The Bertz CT molecular complexity index is 1020. The summed E-state index contributed by atoms with van der Waals surface area (Å²) in [6, 6.07) is 14.8. The van der Waals surface area contributed by atoms with Crippen LogP contribution in [0.3, 0.4) is 0 Å². The van der Waals surface area contributed by atoms with Crippen molar-refractivity contribution in [2.24, 2.45) is 0 Å². The normalized spacial score (nSPS) is 16.1. The van der Waals surface area contributed by atoms with Crippen molar-refractivity contribution in [1.29, 1.82) is 0 Å². The minimum Gasteiger partial charge on any atom is -0.493 e. The van der Waals surface area contributed by atoms with E-state index in [9.17, 15) is 9.59 Å². The molecule has 1 aliphatic heterocycles. The van der Waals surface area contributed by atoms with Crippen LogP contribution in [0.25, 0.3) is 6.08 Å². The van der Waals surface area contributed by atoms with Gasteiger partial charge in [-0.2, -0.15) is 0 Å². The molecule has 0 saturated carbocycles. The van der Waals surface area contributed by atoms with Gasteiger partial charge in [-0.25, -0.2) is 4.79 Å². The molecule has 6 heteroatoms. The number of carbonyl (C=O) groups excluding carboxylic acids is 2. The summed E-state index contributed by atoms with van der Waals surface area (Å²) in [6.45, 7) is 3.70. The smallest absolute Gasteiger partial charge is 0.340 e. The highest BCUT2D eigenvalue weighted by Crippen LogP contribution is 2.38. The molecule has 0 unspecified atom stereocenters. The molecule has 2 aromatic rings. The van der Waals surface area contributed by atoms with Gasteiger partial charge >= 0.3 is 5.97 Å². The van der Waals surface area contributed by atoms with Crippen LogP contribution in [-0.4, -0.2) is 38.1 Å². The van der Waals surface area contributed by atoms with Crippen molar-refractivity contribution in [3.63, 3.8) is 0 Å². The van der Waals surface area contributed by atoms with E-state index in [1.807, 2.05) is 37.3 Å². The van der Waals surface area contributed by atoms with E-state index in [0.29, 0.717) is 22.8 Å². The van der Waals surface area contributed by atoms with E-state index in [2.05, 4.69) is 0 Å². The number of hydrogen-bond donors (Lipinski definition) is 0. The Morgan fingerprint density at radius 2 is 1.67 bits per heavy atom. The van der Waals surface area contributed by atoms with Crippen molar-refractivity contribution in [2.75, 3.05) is 21.3 Å². The lowest BCUT2D eigenvalue weighted by atomic mass is 10.0. The van der Waals surface area contributed by atoms with Crippen molar-refractivity contribution in [2.45, 2.75) is 19.9 Å². The van der Waals surface area contributed by atoms with E-state index < -0.39 is 5.97 Å². The number of benzene rings is 2. The molecule has 3 rings (SSSR count). The molecule has 1 amide bonds. The van der Waals surface area contributed by atoms with Crippen molar-refractivity contribution in [1.82, 2.24) is 4.90 Å². The maximum atomic E-state index is 13.4. The number of methoxy groups -OCH3 is 3. The van der Waals surface area contributed by atoms with Crippen molar-refractivity contribution in [3.8, 4) is 11.5 Å². The number of nitrogens with zero attached hydrogens (tertiary/aromatic N) is 1. The summed E-state index contributed by atoms with van der Waals surface area (Å²) >= 11 is 0. The molecule has 0 fully saturated rings. The second kappa shape index (κ2) is 8.86. The third-order valence-corrected chi connectivity index (χ3v) is 5.22. The van der Waals surface area contributed by atoms with E-state index in [1.165, 1.54) is 7.11 Å². The number of allylic oxidation sites excluding steroid dienone is 1. The topological polar surface area (TPSA) is 65.1 Å². The SMILES string of the molecule is COC(=O)C1=C(C)N([C@@H](C)c2ccccc2)C(=O)/C1=C\c1ccc(OC)c(OC)c1. The summed E-state index contributed by atoms with van der Waals surface area (Å²) in [5, 5.41) is 0. The first kappa shape index (κ1) is 21.2. The van der Waals surface area contributed by atoms with Crippen LogP contribution in [0.4, 0.5) is 0 Å². The maximum absolute atomic E-state index is 13.4. The first-order chi connectivity index (χ1) is 14.4. The molecule has 156 valence electrons. The summed E-state index contributed by atoms with van der Waals surface area (Å²) in [5.41, 5.74) is 2.80. The Morgan fingerprint density at radius 3 is 2.27 bits per heavy atom. The molecule has 0 N–H and O–H groups in total. The lowest BCUT2D eigenvalue weighted by Crippen LogP contribution is -2.28.